The molecule has 0 bridgehead atoms. The summed E-state index contributed by atoms with van der Waals surface area (Å²) in [6.45, 7) is 2.04. The van der Waals surface area contributed by atoms with E-state index in [9.17, 15) is 14.7 Å². The van der Waals surface area contributed by atoms with Crippen molar-refractivity contribution in [3.8, 4) is 5.75 Å². The summed E-state index contributed by atoms with van der Waals surface area (Å²) in [5.74, 6) is 0.293. The van der Waals surface area contributed by atoms with Gasteiger partial charge in [-0.15, -0.1) is 0 Å². The zero-order valence-electron chi connectivity index (χ0n) is 13.8. The second-order valence-electron chi connectivity index (χ2n) is 5.79. The van der Waals surface area contributed by atoms with Gasteiger partial charge in [0.15, 0.2) is 11.5 Å². The number of ether oxygens (including phenoxy) is 1. The van der Waals surface area contributed by atoms with Gasteiger partial charge in [0.1, 0.15) is 12.4 Å². The van der Waals surface area contributed by atoms with E-state index in [2.05, 4.69) is 10.2 Å². The summed E-state index contributed by atoms with van der Waals surface area (Å²) < 4.78 is 5.64. The molecular formula is C18H19N3O4. The van der Waals surface area contributed by atoms with Crippen LogP contribution >= 0.6 is 0 Å². The van der Waals surface area contributed by atoms with E-state index in [-0.39, 0.29) is 36.6 Å². The van der Waals surface area contributed by atoms with Crippen LogP contribution in [0.1, 0.15) is 33.5 Å². The number of H-pyrrole nitrogens is 1. The average Bonchev–Trinajstić information content (AvgIpc) is 3.28. The van der Waals surface area contributed by atoms with Crippen LogP contribution in [0.25, 0.3) is 0 Å². The van der Waals surface area contributed by atoms with Crippen LogP contribution in [0.5, 0.6) is 5.75 Å². The maximum absolute atomic E-state index is 12.4. The van der Waals surface area contributed by atoms with E-state index in [0.29, 0.717) is 23.6 Å². The van der Waals surface area contributed by atoms with Crippen LogP contribution < -0.4 is 4.74 Å². The summed E-state index contributed by atoms with van der Waals surface area (Å²) in [5, 5.41) is 16.1. The van der Waals surface area contributed by atoms with Crippen LogP contribution in [0.3, 0.4) is 0 Å². The first-order valence-corrected chi connectivity index (χ1v) is 7.95. The Kier molecular flexibility index (Phi) is 4.95. The van der Waals surface area contributed by atoms with Gasteiger partial charge in [-0.2, -0.15) is 5.10 Å². The zero-order chi connectivity index (χ0) is 17.8. The molecule has 1 aromatic carbocycles. The predicted octanol–water partition coefficient (Wildman–Crippen LogP) is 1.56. The molecule has 7 nitrogen and oxygen atoms in total. The van der Waals surface area contributed by atoms with E-state index in [1.807, 2.05) is 6.08 Å². The molecule has 2 aromatic rings. The normalized spacial score (nSPS) is 16.2. The number of carbonyl (C=O) groups excluding carboxylic acids is 2. The van der Waals surface area contributed by atoms with E-state index in [4.69, 9.17) is 4.74 Å². The molecule has 3 rings (SSSR count). The molecule has 0 spiro atoms. The molecule has 1 aliphatic heterocycles. The minimum Gasteiger partial charge on any atom is -0.487 e. The SMILES string of the molecule is CC(=O)c1cccc(OCc2cc(C(=O)N3CC=C[C@H]3CO)n[nH]2)c1. The number of hydrogen-bond acceptors (Lipinski definition) is 5. The van der Waals surface area contributed by atoms with E-state index in [1.165, 1.54) is 6.92 Å². The molecule has 1 atom stereocenters. The number of aromatic amines is 1. The summed E-state index contributed by atoms with van der Waals surface area (Å²) in [4.78, 5) is 25.4. The lowest BCUT2D eigenvalue weighted by Crippen LogP contribution is -2.38. The second-order valence-corrected chi connectivity index (χ2v) is 5.79. The number of aliphatic hydroxyl groups excluding tert-OH is 1. The Labute approximate surface area is 144 Å². The van der Waals surface area contributed by atoms with Crippen molar-refractivity contribution in [2.24, 2.45) is 0 Å². The highest BCUT2D eigenvalue weighted by Gasteiger charge is 2.26. The van der Waals surface area contributed by atoms with Crippen LogP contribution in [-0.2, 0) is 6.61 Å². The molecule has 0 unspecified atom stereocenters. The zero-order valence-corrected chi connectivity index (χ0v) is 13.8. The average molecular weight is 341 g/mol. The Bertz CT molecular complexity index is 812. The molecule has 0 aliphatic carbocycles. The number of ketones is 1. The summed E-state index contributed by atoms with van der Waals surface area (Å²) in [5.41, 5.74) is 1.50. The van der Waals surface area contributed by atoms with Crippen molar-refractivity contribution in [3.63, 3.8) is 0 Å². The van der Waals surface area contributed by atoms with Gasteiger partial charge in [-0.25, -0.2) is 0 Å². The minimum atomic E-state index is -0.307. The fourth-order valence-electron chi connectivity index (χ4n) is 2.62. The van der Waals surface area contributed by atoms with E-state index in [1.54, 1.807) is 41.3 Å². The number of hydrogen-bond donors (Lipinski definition) is 2. The second kappa shape index (κ2) is 7.31. The fourth-order valence-corrected chi connectivity index (χ4v) is 2.62. The number of aliphatic hydroxyl groups is 1. The van der Waals surface area contributed by atoms with Gasteiger partial charge in [-0.1, -0.05) is 24.3 Å². The first-order valence-electron chi connectivity index (χ1n) is 7.95. The number of rotatable bonds is 6. The van der Waals surface area contributed by atoms with Crippen LogP contribution in [-0.4, -0.2) is 51.1 Å². The lowest BCUT2D eigenvalue weighted by molar-refractivity contribution is 0.0694. The summed E-state index contributed by atoms with van der Waals surface area (Å²) >= 11 is 0. The van der Waals surface area contributed by atoms with Crippen molar-refractivity contribution in [2.45, 2.75) is 19.6 Å². The molecule has 25 heavy (non-hydrogen) atoms. The first kappa shape index (κ1) is 16.9. The van der Waals surface area contributed by atoms with Gasteiger partial charge in [0, 0.05) is 12.1 Å². The molecule has 0 saturated heterocycles. The summed E-state index contributed by atoms with van der Waals surface area (Å²) in [6.07, 6.45) is 3.65. The van der Waals surface area contributed by atoms with Gasteiger partial charge in [0.2, 0.25) is 0 Å². The maximum Gasteiger partial charge on any atom is 0.275 e. The van der Waals surface area contributed by atoms with Crippen molar-refractivity contribution in [2.75, 3.05) is 13.2 Å². The molecule has 1 amide bonds. The van der Waals surface area contributed by atoms with Gasteiger partial charge >= 0.3 is 0 Å². The molecule has 1 aliphatic rings. The van der Waals surface area contributed by atoms with Crippen molar-refractivity contribution in [3.05, 3.63) is 59.4 Å². The number of amides is 1. The smallest absolute Gasteiger partial charge is 0.275 e. The minimum absolute atomic E-state index is 0.0301. The van der Waals surface area contributed by atoms with Gasteiger partial charge in [0.25, 0.3) is 5.91 Å². The van der Waals surface area contributed by atoms with Gasteiger partial charge in [-0.3, -0.25) is 14.7 Å². The lowest BCUT2D eigenvalue weighted by Gasteiger charge is -2.21. The third kappa shape index (κ3) is 3.77. The van der Waals surface area contributed by atoms with Crippen LogP contribution in [0.4, 0.5) is 0 Å². The molecule has 130 valence electrons. The summed E-state index contributed by atoms with van der Waals surface area (Å²) in [6, 6.07) is 8.23. The van der Waals surface area contributed by atoms with Crippen molar-refractivity contribution in [1.29, 1.82) is 0 Å². The largest absolute Gasteiger partial charge is 0.487 e. The third-order valence-electron chi connectivity index (χ3n) is 3.99. The number of benzene rings is 1. The fraction of sp³-hybridized carbons (Fsp3) is 0.278. The van der Waals surface area contributed by atoms with E-state index >= 15 is 0 Å². The van der Waals surface area contributed by atoms with Crippen molar-refractivity contribution in [1.82, 2.24) is 15.1 Å². The van der Waals surface area contributed by atoms with Crippen LogP contribution in [0, 0.1) is 0 Å². The van der Waals surface area contributed by atoms with Gasteiger partial charge < -0.3 is 14.7 Å². The van der Waals surface area contributed by atoms with Gasteiger partial charge in [0.05, 0.1) is 18.3 Å². The quantitative estimate of drug-likeness (QED) is 0.614. The van der Waals surface area contributed by atoms with Crippen LogP contribution in [0.2, 0.25) is 0 Å². The maximum atomic E-state index is 12.4. The Morgan fingerprint density at radius 2 is 2.24 bits per heavy atom. The number of nitrogens with zero attached hydrogens (tertiary/aromatic N) is 2. The van der Waals surface area contributed by atoms with Crippen LogP contribution in [0.15, 0.2) is 42.5 Å². The molecule has 2 N–H and O–H groups in total. The first-order chi connectivity index (χ1) is 12.1. The van der Waals surface area contributed by atoms with Crippen molar-refractivity contribution < 1.29 is 19.4 Å². The number of aromatic nitrogens is 2. The molecule has 0 radical (unpaired) electrons. The highest BCUT2D eigenvalue weighted by Crippen LogP contribution is 2.17. The van der Waals surface area contributed by atoms with Gasteiger partial charge in [-0.05, 0) is 25.1 Å². The predicted molar refractivity (Wildman–Crippen MR) is 90.4 cm³/mol. The molecule has 0 fully saturated rings. The monoisotopic (exact) mass is 341 g/mol. The number of nitrogens with one attached hydrogen (secondary N) is 1. The Morgan fingerprint density at radius 3 is 3.00 bits per heavy atom. The Morgan fingerprint density at radius 1 is 1.40 bits per heavy atom. The topological polar surface area (TPSA) is 95.5 Å². The molecule has 7 heteroatoms. The van der Waals surface area contributed by atoms with E-state index in [0.717, 1.165) is 0 Å². The van der Waals surface area contributed by atoms with E-state index < -0.39 is 0 Å². The highest BCUT2D eigenvalue weighted by atomic mass is 16.5. The summed E-state index contributed by atoms with van der Waals surface area (Å²) in [7, 11) is 0. The Balaban J connectivity index is 1.63. The third-order valence-corrected chi connectivity index (χ3v) is 3.99. The highest BCUT2D eigenvalue weighted by molar-refractivity contribution is 5.94. The lowest BCUT2D eigenvalue weighted by atomic mass is 10.1. The molecule has 1 aromatic heterocycles. The van der Waals surface area contributed by atoms with Crippen molar-refractivity contribution >= 4 is 11.7 Å². The number of carbonyl (C=O) groups is 2. The standard InChI is InChI=1S/C18H19N3O4/c1-12(23)13-4-2-6-16(8-13)25-11-14-9-17(20-19-14)18(24)21-7-3-5-15(21)10-22/h2-6,8-9,15,22H,7,10-11H2,1H3,(H,19,20)/t15-/m0/s1. The number of Topliss-reactive ketones (excluding diaryl/α,β-unsaturated/α-hetero) is 1. The molecule has 2 heterocycles. The molecule has 0 saturated carbocycles. The Hall–Kier alpha value is -2.93. The molecular weight excluding hydrogens is 322 g/mol.